The summed E-state index contributed by atoms with van der Waals surface area (Å²) in [4.78, 5) is 4.17. The third kappa shape index (κ3) is 2.03. The highest BCUT2D eigenvalue weighted by Crippen LogP contribution is 2.28. The van der Waals surface area contributed by atoms with Crippen LogP contribution in [-0.4, -0.2) is 30.0 Å². The average Bonchev–Trinajstić information content (AvgIpc) is 2.89. The molecular weight excluding hydrogens is 240 g/mol. The molecule has 0 spiro atoms. The summed E-state index contributed by atoms with van der Waals surface area (Å²) in [5.41, 5.74) is 1.36. The highest BCUT2D eigenvalue weighted by atomic mass is 19.3. The molecule has 1 fully saturated rings. The van der Waals surface area contributed by atoms with Gasteiger partial charge in [0.25, 0.3) is 11.9 Å². The van der Waals surface area contributed by atoms with E-state index >= 15 is 0 Å². The van der Waals surface area contributed by atoms with E-state index in [0.717, 1.165) is 0 Å². The zero-order valence-electron chi connectivity index (χ0n) is 9.62. The Morgan fingerprint density at radius 3 is 3.00 bits per heavy atom. The molecular formula is C12H13F2N3O. The van der Waals surface area contributed by atoms with Crippen LogP contribution in [0.15, 0.2) is 28.7 Å². The number of para-hydroxylation sites is 2. The lowest BCUT2D eigenvalue weighted by molar-refractivity contribution is -0.00699. The van der Waals surface area contributed by atoms with Crippen molar-refractivity contribution in [3.05, 3.63) is 24.3 Å². The van der Waals surface area contributed by atoms with Gasteiger partial charge in [-0.1, -0.05) is 12.1 Å². The van der Waals surface area contributed by atoms with Crippen LogP contribution in [0.25, 0.3) is 11.1 Å². The van der Waals surface area contributed by atoms with Crippen LogP contribution in [0.4, 0.5) is 14.8 Å². The van der Waals surface area contributed by atoms with E-state index in [4.69, 9.17) is 4.42 Å². The van der Waals surface area contributed by atoms with Gasteiger partial charge in [0.05, 0.1) is 6.04 Å². The quantitative estimate of drug-likeness (QED) is 0.880. The first kappa shape index (κ1) is 11.4. The maximum Gasteiger partial charge on any atom is 0.295 e. The van der Waals surface area contributed by atoms with Gasteiger partial charge < -0.3 is 15.1 Å². The summed E-state index contributed by atoms with van der Waals surface area (Å²) < 4.78 is 32.1. The lowest BCUT2D eigenvalue weighted by atomic mass is 10.1. The molecule has 1 aliphatic rings. The van der Waals surface area contributed by atoms with Gasteiger partial charge in [-0.3, -0.25) is 0 Å². The number of rotatable bonds is 3. The minimum absolute atomic E-state index is 0.0970. The first-order valence-electron chi connectivity index (χ1n) is 5.86. The summed E-state index contributed by atoms with van der Waals surface area (Å²) in [6.45, 7) is 0.437. The number of alkyl halides is 2. The summed E-state index contributed by atoms with van der Waals surface area (Å²) in [6, 6.07) is 6.70. The van der Waals surface area contributed by atoms with Crippen molar-refractivity contribution in [3.63, 3.8) is 0 Å². The third-order valence-corrected chi connectivity index (χ3v) is 3.11. The molecule has 0 bridgehead atoms. The number of oxazole rings is 1. The van der Waals surface area contributed by atoms with Crippen LogP contribution in [0.5, 0.6) is 0 Å². The lowest BCUT2D eigenvalue weighted by Crippen LogP contribution is -2.41. The maximum absolute atomic E-state index is 13.4. The van der Waals surface area contributed by atoms with Crippen LogP contribution < -0.4 is 10.6 Å². The van der Waals surface area contributed by atoms with Crippen LogP contribution in [0.2, 0.25) is 0 Å². The maximum atomic E-state index is 13.4. The number of aromatic nitrogens is 1. The summed E-state index contributed by atoms with van der Waals surface area (Å²) >= 11 is 0. The van der Waals surface area contributed by atoms with Gasteiger partial charge in [-0.15, -0.1) is 0 Å². The number of benzene rings is 1. The average molecular weight is 253 g/mol. The van der Waals surface area contributed by atoms with E-state index in [9.17, 15) is 8.78 Å². The van der Waals surface area contributed by atoms with E-state index in [1.54, 1.807) is 6.07 Å². The minimum Gasteiger partial charge on any atom is -0.424 e. The van der Waals surface area contributed by atoms with Gasteiger partial charge in [-0.05, 0) is 12.1 Å². The SMILES string of the molecule is FC1(F)CCNC1CNc1nc2ccccc2o1. The molecule has 1 atom stereocenters. The van der Waals surface area contributed by atoms with Crippen molar-refractivity contribution in [1.29, 1.82) is 0 Å². The molecule has 96 valence electrons. The second-order valence-corrected chi connectivity index (χ2v) is 4.39. The van der Waals surface area contributed by atoms with Crippen molar-refractivity contribution in [2.24, 2.45) is 0 Å². The standard InChI is InChI=1S/C12H13F2N3O/c13-12(14)5-6-15-10(12)7-16-11-17-8-3-1-2-4-9(8)18-11/h1-4,10,15H,5-7H2,(H,16,17). The van der Waals surface area contributed by atoms with Crippen LogP contribution in [0, 0.1) is 0 Å². The van der Waals surface area contributed by atoms with Gasteiger partial charge in [0.2, 0.25) is 0 Å². The van der Waals surface area contributed by atoms with Crippen molar-refractivity contribution in [1.82, 2.24) is 10.3 Å². The third-order valence-electron chi connectivity index (χ3n) is 3.11. The summed E-state index contributed by atoms with van der Waals surface area (Å²) in [6.07, 6.45) is -0.118. The molecule has 0 amide bonds. The van der Waals surface area contributed by atoms with Gasteiger partial charge in [-0.25, -0.2) is 8.78 Å². The zero-order valence-corrected chi connectivity index (χ0v) is 9.62. The highest BCUT2D eigenvalue weighted by Gasteiger charge is 2.43. The molecule has 1 aliphatic heterocycles. The van der Waals surface area contributed by atoms with Crippen LogP contribution in [-0.2, 0) is 0 Å². The largest absolute Gasteiger partial charge is 0.424 e. The molecule has 0 aliphatic carbocycles. The molecule has 1 unspecified atom stereocenters. The molecule has 1 aromatic carbocycles. The minimum atomic E-state index is -2.67. The molecule has 3 rings (SSSR count). The number of fused-ring (bicyclic) bond motifs is 1. The zero-order chi connectivity index (χ0) is 12.6. The first-order valence-corrected chi connectivity index (χ1v) is 5.86. The molecule has 1 aromatic heterocycles. The molecule has 18 heavy (non-hydrogen) atoms. The Kier molecular flexibility index (Phi) is 2.66. The fourth-order valence-electron chi connectivity index (χ4n) is 2.10. The fraction of sp³-hybridized carbons (Fsp3) is 0.417. The summed E-state index contributed by atoms with van der Waals surface area (Å²) in [5.74, 6) is -2.67. The van der Waals surface area contributed by atoms with Crippen LogP contribution >= 0.6 is 0 Å². The van der Waals surface area contributed by atoms with Crippen LogP contribution in [0.3, 0.4) is 0 Å². The molecule has 4 nitrogen and oxygen atoms in total. The van der Waals surface area contributed by atoms with Gasteiger partial charge in [0.15, 0.2) is 5.58 Å². The molecule has 6 heteroatoms. The Labute approximate surface area is 102 Å². The fourth-order valence-corrected chi connectivity index (χ4v) is 2.10. The number of hydrogen-bond acceptors (Lipinski definition) is 4. The van der Waals surface area contributed by atoms with Crippen molar-refractivity contribution >= 4 is 17.1 Å². The molecule has 2 N–H and O–H groups in total. The normalized spacial score (nSPS) is 22.4. The topological polar surface area (TPSA) is 50.1 Å². The molecule has 0 saturated carbocycles. The molecule has 2 heterocycles. The lowest BCUT2D eigenvalue weighted by Gasteiger charge is -2.18. The number of halogens is 2. The second-order valence-electron chi connectivity index (χ2n) is 4.39. The van der Waals surface area contributed by atoms with Gasteiger partial charge in [0.1, 0.15) is 5.52 Å². The number of anilines is 1. The van der Waals surface area contributed by atoms with Crippen molar-refractivity contribution in [2.75, 3.05) is 18.4 Å². The van der Waals surface area contributed by atoms with Crippen LogP contribution in [0.1, 0.15) is 6.42 Å². The Morgan fingerprint density at radius 1 is 1.44 bits per heavy atom. The predicted molar refractivity (Wildman–Crippen MR) is 63.9 cm³/mol. The molecule has 2 aromatic rings. The van der Waals surface area contributed by atoms with E-state index in [1.807, 2.05) is 18.2 Å². The summed E-state index contributed by atoms with van der Waals surface area (Å²) in [7, 11) is 0. The Balaban J connectivity index is 1.69. The number of nitrogens with zero attached hydrogens (tertiary/aromatic N) is 1. The highest BCUT2D eigenvalue weighted by molar-refractivity contribution is 5.74. The van der Waals surface area contributed by atoms with Gasteiger partial charge >= 0.3 is 0 Å². The number of nitrogens with one attached hydrogen (secondary N) is 2. The van der Waals surface area contributed by atoms with Crippen molar-refractivity contribution < 1.29 is 13.2 Å². The smallest absolute Gasteiger partial charge is 0.295 e. The van der Waals surface area contributed by atoms with Gasteiger partial charge in [-0.2, -0.15) is 4.98 Å². The summed E-state index contributed by atoms with van der Waals surface area (Å²) in [5, 5.41) is 5.58. The molecule has 1 saturated heterocycles. The van der Waals surface area contributed by atoms with E-state index in [0.29, 0.717) is 17.6 Å². The van der Waals surface area contributed by atoms with Crippen molar-refractivity contribution in [3.8, 4) is 0 Å². The van der Waals surface area contributed by atoms with Gasteiger partial charge in [0, 0.05) is 19.5 Å². The van der Waals surface area contributed by atoms with Crippen molar-refractivity contribution in [2.45, 2.75) is 18.4 Å². The monoisotopic (exact) mass is 253 g/mol. The Hall–Kier alpha value is -1.69. The Morgan fingerprint density at radius 2 is 2.28 bits per heavy atom. The first-order chi connectivity index (χ1) is 8.65. The van der Waals surface area contributed by atoms with E-state index in [2.05, 4.69) is 15.6 Å². The van der Waals surface area contributed by atoms with E-state index < -0.39 is 12.0 Å². The van der Waals surface area contributed by atoms with E-state index in [-0.39, 0.29) is 19.0 Å². The Bertz CT molecular complexity index is 522. The predicted octanol–water partition coefficient (Wildman–Crippen LogP) is 2.24. The molecule has 0 radical (unpaired) electrons. The second kappa shape index (κ2) is 4.20. The number of hydrogen-bond donors (Lipinski definition) is 2. The van der Waals surface area contributed by atoms with E-state index in [1.165, 1.54) is 0 Å².